The first-order chi connectivity index (χ1) is 9.49. The number of rotatable bonds is 2. The van der Waals surface area contributed by atoms with E-state index in [9.17, 15) is 0 Å². The van der Waals surface area contributed by atoms with E-state index in [-0.39, 0.29) is 6.10 Å². The molecule has 0 bridgehead atoms. The summed E-state index contributed by atoms with van der Waals surface area (Å²) in [5.41, 5.74) is 3.82. The molecule has 0 radical (unpaired) electrons. The number of benzene rings is 2. The van der Waals surface area contributed by atoms with Gasteiger partial charge in [0.15, 0.2) is 0 Å². The number of hydrogen-bond donors (Lipinski definition) is 0. The molecule has 1 aliphatic heterocycles. The van der Waals surface area contributed by atoms with Crippen LogP contribution < -0.4 is 10.1 Å². The molecule has 0 saturated carbocycles. The molecule has 0 amide bonds. The summed E-state index contributed by atoms with van der Waals surface area (Å²) in [5, 5.41) is 1.43. The molecule has 104 valence electrons. The molecule has 3 heteroatoms. The van der Waals surface area contributed by atoms with Crippen molar-refractivity contribution in [3.8, 4) is 0 Å². The van der Waals surface area contributed by atoms with Crippen LogP contribution in [0, 0.1) is 0 Å². The topological polar surface area (TPSA) is 12.5 Å². The Morgan fingerprint density at radius 2 is 1.75 bits per heavy atom. The highest BCUT2D eigenvalue weighted by molar-refractivity contribution is 6.85. The highest BCUT2D eigenvalue weighted by atomic mass is 28.4. The first kappa shape index (κ1) is 13.4. The molecule has 0 spiro atoms. The fourth-order valence-electron chi connectivity index (χ4n) is 2.91. The van der Waals surface area contributed by atoms with Crippen LogP contribution in [0.4, 0.5) is 5.69 Å². The zero-order valence-electron chi connectivity index (χ0n) is 12.6. The van der Waals surface area contributed by atoms with E-state index in [0.29, 0.717) is 0 Å². The van der Waals surface area contributed by atoms with Gasteiger partial charge < -0.3 is 9.33 Å². The lowest BCUT2D eigenvalue weighted by Gasteiger charge is -2.20. The lowest BCUT2D eigenvalue weighted by molar-refractivity contribution is 0.259. The number of anilines is 1. The predicted molar refractivity (Wildman–Crippen MR) is 87.3 cm³/mol. The van der Waals surface area contributed by atoms with Crippen molar-refractivity contribution in [1.29, 1.82) is 0 Å². The van der Waals surface area contributed by atoms with Gasteiger partial charge in [-0.2, -0.15) is 0 Å². The van der Waals surface area contributed by atoms with Gasteiger partial charge in [0.05, 0.1) is 6.10 Å². The quantitative estimate of drug-likeness (QED) is 0.784. The first-order valence-electron chi connectivity index (χ1n) is 7.03. The molecule has 2 aromatic rings. The van der Waals surface area contributed by atoms with Crippen LogP contribution in [0.2, 0.25) is 13.1 Å². The zero-order chi connectivity index (χ0) is 14.3. The van der Waals surface area contributed by atoms with E-state index in [0.717, 1.165) is 0 Å². The van der Waals surface area contributed by atoms with Gasteiger partial charge in [0.1, 0.15) is 0 Å². The third-order valence-electron chi connectivity index (χ3n) is 3.99. The van der Waals surface area contributed by atoms with Crippen LogP contribution in [0.1, 0.15) is 17.2 Å². The highest BCUT2D eigenvalue weighted by Crippen LogP contribution is 2.36. The van der Waals surface area contributed by atoms with Crippen molar-refractivity contribution in [3.05, 3.63) is 59.7 Å². The van der Waals surface area contributed by atoms with Gasteiger partial charge in [0.25, 0.3) is 0 Å². The van der Waals surface area contributed by atoms with Crippen LogP contribution in [0.5, 0.6) is 0 Å². The SMILES string of the molecule is CN(C)c1cccc([C@@H]2O[Si](C)(C)c3ccccc32)c1. The second-order valence-electron chi connectivity index (χ2n) is 6.08. The maximum Gasteiger partial charge on any atom is 0.219 e. The average Bonchev–Trinajstić information content (AvgIpc) is 2.72. The summed E-state index contributed by atoms with van der Waals surface area (Å²) in [4.78, 5) is 2.13. The second kappa shape index (κ2) is 4.76. The van der Waals surface area contributed by atoms with Crippen molar-refractivity contribution in [3.63, 3.8) is 0 Å². The van der Waals surface area contributed by atoms with E-state index in [2.05, 4.69) is 80.6 Å². The van der Waals surface area contributed by atoms with E-state index in [1.165, 1.54) is 22.0 Å². The van der Waals surface area contributed by atoms with Crippen molar-refractivity contribution >= 4 is 19.2 Å². The molecule has 0 aliphatic carbocycles. The third kappa shape index (κ3) is 2.17. The molecule has 2 nitrogen and oxygen atoms in total. The Morgan fingerprint density at radius 1 is 1.00 bits per heavy atom. The van der Waals surface area contributed by atoms with Crippen LogP contribution in [0.15, 0.2) is 48.5 Å². The highest BCUT2D eigenvalue weighted by Gasteiger charge is 2.40. The molecule has 0 N–H and O–H groups in total. The minimum Gasteiger partial charge on any atom is -0.402 e. The van der Waals surface area contributed by atoms with Crippen molar-refractivity contribution in [2.75, 3.05) is 19.0 Å². The molecule has 2 aromatic carbocycles. The van der Waals surface area contributed by atoms with Gasteiger partial charge in [-0.15, -0.1) is 0 Å². The monoisotopic (exact) mass is 283 g/mol. The maximum absolute atomic E-state index is 6.46. The summed E-state index contributed by atoms with van der Waals surface area (Å²) in [6, 6.07) is 17.3. The van der Waals surface area contributed by atoms with Crippen LogP contribution in [0.3, 0.4) is 0 Å². The first-order valence-corrected chi connectivity index (χ1v) is 9.94. The van der Waals surface area contributed by atoms with Crippen LogP contribution in [-0.2, 0) is 4.43 Å². The lowest BCUT2D eigenvalue weighted by atomic mass is 10.0. The van der Waals surface area contributed by atoms with Crippen molar-refractivity contribution in [2.24, 2.45) is 0 Å². The fourth-order valence-corrected chi connectivity index (χ4v) is 5.30. The standard InChI is InChI=1S/C17H21NOSi/c1-18(2)14-9-7-8-13(12-14)17-15-10-5-6-11-16(15)20(3,4)19-17/h5-12,17H,1-4H3/t17-/m0/s1. The Balaban J connectivity index is 2.07. The van der Waals surface area contributed by atoms with E-state index in [4.69, 9.17) is 4.43 Å². The van der Waals surface area contributed by atoms with Gasteiger partial charge in [-0.05, 0) is 41.5 Å². The van der Waals surface area contributed by atoms with Crippen molar-refractivity contribution < 1.29 is 4.43 Å². The molecule has 1 aliphatic rings. The summed E-state index contributed by atoms with van der Waals surface area (Å²) in [7, 11) is 2.38. The van der Waals surface area contributed by atoms with Crippen LogP contribution in [0.25, 0.3) is 0 Å². The minimum absolute atomic E-state index is 0.0905. The number of hydrogen-bond acceptors (Lipinski definition) is 2. The molecule has 1 atom stereocenters. The van der Waals surface area contributed by atoms with Crippen LogP contribution in [-0.4, -0.2) is 22.4 Å². The summed E-state index contributed by atoms with van der Waals surface area (Å²) in [5.74, 6) is 0. The number of fused-ring (bicyclic) bond motifs is 1. The predicted octanol–water partition coefficient (Wildman–Crippen LogP) is 3.28. The van der Waals surface area contributed by atoms with Crippen molar-refractivity contribution in [2.45, 2.75) is 19.2 Å². The Hall–Kier alpha value is -1.58. The fraction of sp³-hybridized carbons (Fsp3) is 0.294. The van der Waals surface area contributed by atoms with E-state index >= 15 is 0 Å². The smallest absolute Gasteiger partial charge is 0.219 e. The van der Waals surface area contributed by atoms with Gasteiger partial charge in [0, 0.05) is 19.8 Å². The summed E-state index contributed by atoms with van der Waals surface area (Å²) >= 11 is 0. The van der Waals surface area contributed by atoms with E-state index in [1.807, 2.05) is 0 Å². The Bertz CT molecular complexity index is 636. The minimum atomic E-state index is -1.76. The molecule has 3 rings (SSSR count). The van der Waals surface area contributed by atoms with Gasteiger partial charge in [-0.3, -0.25) is 0 Å². The zero-order valence-corrected chi connectivity index (χ0v) is 13.6. The van der Waals surface area contributed by atoms with E-state index < -0.39 is 8.32 Å². The normalized spacial score (nSPS) is 19.7. The second-order valence-corrected chi connectivity index (χ2v) is 9.88. The molecular weight excluding hydrogens is 262 g/mol. The molecule has 0 aromatic heterocycles. The summed E-state index contributed by atoms with van der Waals surface area (Å²) in [6.45, 7) is 4.56. The lowest BCUT2D eigenvalue weighted by Crippen LogP contribution is -2.39. The van der Waals surface area contributed by atoms with Gasteiger partial charge in [-0.1, -0.05) is 36.4 Å². The Morgan fingerprint density at radius 3 is 2.50 bits per heavy atom. The number of nitrogens with zero attached hydrogens (tertiary/aromatic N) is 1. The molecule has 0 saturated heterocycles. The third-order valence-corrected chi connectivity index (χ3v) is 6.57. The van der Waals surface area contributed by atoms with Crippen LogP contribution >= 0.6 is 0 Å². The Labute approximate surface area is 122 Å². The van der Waals surface area contributed by atoms with E-state index in [1.54, 1.807) is 0 Å². The average molecular weight is 283 g/mol. The largest absolute Gasteiger partial charge is 0.402 e. The molecule has 0 unspecified atom stereocenters. The summed E-state index contributed by atoms with van der Waals surface area (Å²) in [6.07, 6.45) is 0.0905. The maximum atomic E-state index is 6.46. The molecule has 20 heavy (non-hydrogen) atoms. The van der Waals surface area contributed by atoms with Gasteiger partial charge >= 0.3 is 0 Å². The molecular formula is C17H21NOSi. The molecule has 1 heterocycles. The Kier molecular flexibility index (Phi) is 3.19. The summed E-state index contributed by atoms with van der Waals surface area (Å²) < 4.78 is 6.46. The van der Waals surface area contributed by atoms with Crippen molar-refractivity contribution in [1.82, 2.24) is 0 Å². The van der Waals surface area contributed by atoms with Gasteiger partial charge in [-0.25, -0.2) is 0 Å². The van der Waals surface area contributed by atoms with Gasteiger partial charge in [0.2, 0.25) is 8.32 Å². The molecule has 0 fully saturated rings.